The van der Waals surface area contributed by atoms with Crippen molar-refractivity contribution < 1.29 is 14.2 Å². The smallest absolute Gasteiger partial charge is 0.128 e. The molecule has 88 valence electrons. The second-order valence-electron chi connectivity index (χ2n) is 4.11. The molecule has 1 fully saturated rings. The molecule has 2 rings (SSSR count). The van der Waals surface area contributed by atoms with E-state index < -0.39 is 6.10 Å². The van der Waals surface area contributed by atoms with Crippen LogP contribution >= 0.6 is 15.9 Å². The largest absolute Gasteiger partial charge is 0.488 e. The van der Waals surface area contributed by atoms with E-state index in [4.69, 9.17) is 4.74 Å². The van der Waals surface area contributed by atoms with Crippen LogP contribution in [0.25, 0.3) is 0 Å². The molecule has 0 saturated heterocycles. The van der Waals surface area contributed by atoms with Gasteiger partial charge >= 0.3 is 0 Å². The van der Waals surface area contributed by atoms with Crippen LogP contribution in [0.3, 0.4) is 0 Å². The molecule has 2 nitrogen and oxygen atoms in total. The second-order valence-corrected chi connectivity index (χ2v) is 5.03. The van der Waals surface area contributed by atoms with Gasteiger partial charge in [-0.05, 0) is 31.4 Å². The summed E-state index contributed by atoms with van der Waals surface area (Å²) < 4.78 is 19.4. The normalized spacial score (nSPS) is 25.4. The maximum atomic E-state index is 13.1. The van der Waals surface area contributed by atoms with Gasteiger partial charge in [0.15, 0.2) is 0 Å². The van der Waals surface area contributed by atoms with Crippen LogP contribution in [0.2, 0.25) is 0 Å². The fourth-order valence-electron chi connectivity index (χ4n) is 1.99. The Morgan fingerprint density at radius 2 is 2.00 bits per heavy atom. The lowest BCUT2D eigenvalue weighted by Gasteiger charge is -2.28. The molecule has 1 aromatic rings. The van der Waals surface area contributed by atoms with Gasteiger partial charge < -0.3 is 9.84 Å². The van der Waals surface area contributed by atoms with Crippen molar-refractivity contribution in [1.29, 1.82) is 0 Å². The van der Waals surface area contributed by atoms with Gasteiger partial charge in [-0.15, -0.1) is 0 Å². The molecule has 1 saturated carbocycles. The predicted octanol–water partition coefficient (Wildman–Crippen LogP) is 3.27. The highest BCUT2D eigenvalue weighted by Crippen LogP contribution is 2.26. The number of benzene rings is 1. The van der Waals surface area contributed by atoms with E-state index in [1.807, 2.05) is 0 Å². The number of hydrogen-bond donors (Lipinski definition) is 1. The summed E-state index contributed by atoms with van der Waals surface area (Å²) in [5, 5.41) is 9.74. The molecule has 2 atom stereocenters. The van der Waals surface area contributed by atoms with Gasteiger partial charge in [-0.1, -0.05) is 22.4 Å². The summed E-state index contributed by atoms with van der Waals surface area (Å²) in [4.78, 5) is 0. The van der Waals surface area contributed by atoms with Crippen molar-refractivity contribution in [3.05, 3.63) is 28.5 Å². The summed E-state index contributed by atoms with van der Waals surface area (Å²) in [5.41, 5.74) is 0. The first-order valence-electron chi connectivity index (χ1n) is 5.46. The SMILES string of the molecule is O[C@@H]1CCCC[C@H]1Oc1cc(F)cc(Br)c1. The Bertz CT molecular complexity index is 350. The van der Waals surface area contributed by atoms with E-state index in [1.54, 1.807) is 6.07 Å². The predicted molar refractivity (Wildman–Crippen MR) is 63.0 cm³/mol. The summed E-state index contributed by atoms with van der Waals surface area (Å²) >= 11 is 3.21. The molecule has 16 heavy (non-hydrogen) atoms. The summed E-state index contributed by atoms with van der Waals surface area (Å²) in [6, 6.07) is 4.43. The third-order valence-corrected chi connectivity index (χ3v) is 3.25. The molecule has 0 bridgehead atoms. The first-order valence-corrected chi connectivity index (χ1v) is 6.25. The minimum Gasteiger partial charge on any atom is -0.488 e. The van der Waals surface area contributed by atoms with Gasteiger partial charge in [0.2, 0.25) is 0 Å². The minimum atomic E-state index is -0.434. The van der Waals surface area contributed by atoms with E-state index in [0.29, 0.717) is 10.2 Å². The molecule has 0 unspecified atom stereocenters. The van der Waals surface area contributed by atoms with Crippen LogP contribution < -0.4 is 4.74 Å². The van der Waals surface area contributed by atoms with Crippen LogP contribution in [0.5, 0.6) is 5.75 Å². The van der Waals surface area contributed by atoms with Crippen molar-refractivity contribution >= 4 is 15.9 Å². The van der Waals surface area contributed by atoms with Crippen molar-refractivity contribution in [3.8, 4) is 5.75 Å². The molecular weight excluding hydrogens is 275 g/mol. The number of halogens is 2. The van der Waals surface area contributed by atoms with Crippen molar-refractivity contribution in [3.63, 3.8) is 0 Å². The zero-order valence-corrected chi connectivity index (χ0v) is 10.4. The van der Waals surface area contributed by atoms with Gasteiger partial charge in [0.1, 0.15) is 17.7 Å². The van der Waals surface area contributed by atoms with Crippen molar-refractivity contribution in [1.82, 2.24) is 0 Å². The fourth-order valence-corrected chi connectivity index (χ4v) is 2.43. The highest BCUT2D eigenvalue weighted by molar-refractivity contribution is 9.10. The van der Waals surface area contributed by atoms with Gasteiger partial charge in [-0.2, -0.15) is 0 Å². The summed E-state index contributed by atoms with van der Waals surface area (Å²) in [5.74, 6) is 0.132. The topological polar surface area (TPSA) is 29.5 Å². The number of rotatable bonds is 2. The Morgan fingerprint density at radius 3 is 2.69 bits per heavy atom. The zero-order valence-electron chi connectivity index (χ0n) is 8.83. The number of aliphatic hydroxyl groups is 1. The van der Waals surface area contributed by atoms with E-state index in [1.165, 1.54) is 12.1 Å². The Balaban J connectivity index is 2.07. The van der Waals surface area contributed by atoms with E-state index >= 15 is 0 Å². The van der Waals surface area contributed by atoms with Gasteiger partial charge in [0, 0.05) is 10.5 Å². The van der Waals surface area contributed by atoms with Crippen LogP contribution in [-0.2, 0) is 0 Å². The Morgan fingerprint density at radius 1 is 1.25 bits per heavy atom. The van der Waals surface area contributed by atoms with Crippen LogP contribution in [0, 0.1) is 5.82 Å². The molecule has 0 radical (unpaired) electrons. The first-order chi connectivity index (χ1) is 7.65. The highest BCUT2D eigenvalue weighted by atomic mass is 79.9. The zero-order chi connectivity index (χ0) is 11.5. The van der Waals surface area contributed by atoms with Crippen molar-refractivity contribution in [2.75, 3.05) is 0 Å². The van der Waals surface area contributed by atoms with Crippen molar-refractivity contribution in [2.45, 2.75) is 37.9 Å². The number of ether oxygens (including phenoxy) is 1. The lowest BCUT2D eigenvalue weighted by molar-refractivity contribution is 0.00670. The molecule has 4 heteroatoms. The van der Waals surface area contributed by atoms with Gasteiger partial charge in [0.05, 0.1) is 6.10 Å². The molecular formula is C12H14BrFO2. The fraction of sp³-hybridized carbons (Fsp3) is 0.500. The molecule has 1 N–H and O–H groups in total. The molecule has 0 amide bonds. The average Bonchev–Trinajstić information content (AvgIpc) is 2.20. The monoisotopic (exact) mass is 288 g/mol. The Kier molecular flexibility index (Phi) is 3.82. The van der Waals surface area contributed by atoms with E-state index in [-0.39, 0.29) is 11.9 Å². The molecule has 0 aromatic heterocycles. The number of aliphatic hydroxyl groups excluding tert-OH is 1. The molecule has 1 aromatic carbocycles. The quantitative estimate of drug-likeness (QED) is 0.905. The van der Waals surface area contributed by atoms with Crippen LogP contribution in [0.4, 0.5) is 4.39 Å². The summed E-state index contributed by atoms with van der Waals surface area (Å²) in [7, 11) is 0. The van der Waals surface area contributed by atoms with Crippen LogP contribution in [-0.4, -0.2) is 17.3 Å². The second kappa shape index (κ2) is 5.15. The third-order valence-electron chi connectivity index (χ3n) is 2.79. The Hall–Kier alpha value is -0.610. The van der Waals surface area contributed by atoms with Gasteiger partial charge in [-0.25, -0.2) is 4.39 Å². The number of hydrogen-bond acceptors (Lipinski definition) is 2. The lowest BCUT2D eigenvalue weighted by Crippen LogP contribution is -2.34. The van der Waals surface area contributed by atoms with E-state index in [0.717, 1.165) is 25.7 Å². The highest BCUT2D eigenvalue weighted by Gasteiger charge is 2.24. The minimum absolute atomic E-state index is 0.206. The molecule has 1 aliphatic rings. The molecule has 1 aliphatic carbocycles. The van der Waals surface area contributed by atoms with E-state index in [2.05, 4.69) is 15.9 Å². The first kappa shape index (κ1) is 11.9. The molecule has 0 heterocycles. The lowest BCUT2D eigenvalue weighted by atomic mass is 9.95. The maximum absolute atomic E-state index is 13.1. The molecule has 0 aliphatic heterocycles. The van der Waals surface area contributed by atoms with Crippen LogP contribution in [0.15, 0.2) is 22.7 Å². The van der Waals surface area contributed by atoms with E-state index in [9.17, 15) is 9.50 Å². The van der Waals surface area contributed by atoms with Crippen molar-refractivity contribution in [2.24, 2.45) is 0 Å². The Labute approximate surface area is 103 Å². The van der Waals surface area contributed by atoms with Gasteiger partial charge in [0.25, 0.3) is 0 Å². The summed E-state index contributed by atoms with van der Waals surface area (Å²) in [6.07, 6.45) is 3.04. The average molecular weight is 289 g/mol. The summed E-state index contributed by atoms with van der Waals surface area (Å²) in [6.45, 7) is 0. The maximum Gasteiger partial charge on any atom is 0.128 e. The van der Waals surface area contributed by atoms with Gasteiger partial charge in [-0.3, -0.25) is 0 Å². The van der Waals surface area contributed by atoms with Crippen LogP contribution in [0.1, 0.15) is 25.7 Å². The standard InChI is InChI=1S/C12H14BrFO2/c13-8-5-9(14)7-10(6-8)16-12-4-2-1-3-11(12)15/h5-7,11-12,15H,1-4H2/t11-,12-/m1/s1. The molecule has 0 spiro atoms. The third kappa shape index (κ3) is 2.95.